The average Bonchev–Trinajstić information content (AvgIpc) is 1.55. The predicted molar refractivity (Wildman–Crippen MR) is 417 cm³/mol. The van der Waals surface area contributed by atoms with E-state index in [4.69, 9.17) is 29.9 Å². The van der Waals surface area contributed by atoms with E-state index in [1.165, 1.54) is 71.2 Å². The number of aromatic nitrogens is 9. The molecular weight excluding hydrogens is 1240 g/mol. The van der Waals surface area contributed by atoms with Crippen LogP contribution in [0.3, 0.4) is 0 Å². The van der Waals surface area contributed by atoms with Gasteiger partial charge in [0.25, 0.3) is 0 Å². The largest absolute Gasteiger partial charge is 0.309 e. The summed E-state index contributed by atoms with van der Waals surface area (Å²) in [4.78, 5) is 30.7. The van der Waals surface area contributed by atoms with E-state index in [9.17, 15) is 0 Å². The summed E-state index contributed by atoms with van der Waals surface area (Å²) < 4.78 is 7.19. The molecular formula is C93H61N9. The Bertz CT molecular complexity index is 6510. The molecule has 478 valence electrons. The highest BCUT2D eigenvalue weighted by Crippen LogP contribution is 2.51. The fourth-order valence-corrected chi connectivity index (χ4v) is 15.9. The Balaban J connectivity index is 0.637. The normalized spacial score (nSPS) is 12.5. The van der Waals surface area contributed by atoms with Crippen molar-refractivity contribution in [2.75, 3.05) is 0 Å². The van der Waals surface area contributed by atoms with Gasteiger partial charge in [-0.05, 0) is 160 Å². The van der Waals surface area contributed by atoms with Crippen molar-refractivity contribution in [2.45, 2.75) is 19.3 Å². The van der Waals surface area contributed by atoms with Crippen LogP contribution >= 0.6 is 0 Å². The minimum Gasteiger partial charge on any atom is -0.309 e. The quantitative estimate of drug-likeness (QED) is 0.128. The van der Waals surface area contributed by atoms with Crippen molar-refractivity contribution in [1.29, 1.82) is 0 Å². The molecule has 9 heteroatoms. The second-order valence-electron chi connectivity index (χ2n) is 27.0. The van der Waals surface area contributed by atoms with Gasteiger partial charge in [-0.3, -0.25) is 0 Å². The molecule has 0 saturated carbocycles. The van der Waals surface area contributed by atoms with Crippen molar-refractivity contribution < 1.29 is 0 Å². The molecule has 0 N–H and O–H groups in total. The zero-order valence-corrected chi connectivity index (χ0v) is 55.8. The maximum atomic E-state index is 5.30. The van der Waals surface area contributed by atoms with E-state index >= 15 is 0 Å². The fraction of sp³-hybridized carbons (Fsp3) is 0.0323. The maximum absolute atomic E-state index is 5.30. The van der Waals surface area contributed by atoms with Crippen molar-refractivity contribution >= 4 is 65.4 Å². The molecule has 0 spiro atoms. The lowest BCUT2D eigenvalue weighted by Gasteiger charge is -2.21. The first-order valence-electron chi connectivity index (χ1n) is 34.7. The topological polar surface area (TPSA) is 92.1 Å². The zero-order chi connectivity index (χ0) is 67.6. The fourth-order valence-electron chi connectivity index (χ4n) is 15.9. The Morgan fingerprint density at radius 1 is 0.206 bits per heavy atom. The first kappa shape index (κ1) is 58.6. The van der Waals surface area contributed by atoms with Gasteiger partial charge in [-0.15, -0.1) is 0 Å². The second-order valence-corrected chi connectivity index (χ2v) is 27.0. The molecule has 14 aromatic carbocycles. The van der Waals surface area contributed by atoms with Crippen LogP contribution in [0.25, 0.3) is 184 Å². The molecule has 1 aliphatic carbocycles. The zero-order valence-electron chi connectivity index (χ0n) is 55.8. The van der Waals surface area contributed by atoms with Gasteiger partial charge in [0.1, 0.15) is 0 Å². The summed E-state index contributed by atoms with van der Waals surface area (Å²) in [7, 11) is 0. The summed E-state index contributed by atoms with van der Waals surface area (Å²) in [6, 6.07) is 119. The van der Waals surface area contributed by atoms with E-state index in [1.54, 1.807) is 0 Å². The number of nitrogens with zero attached hydrogens (tertiary/aromatic N) is 9. The number of hydrogen-bond donors (Lipinski definition) is 0. The summed E-state index contributed by atoms with van der Waals surface area (Å²) >= 11 is 0. The standard InChI is InChI=1S/C93H61N9/c1-93(2)78-38-16-12-33-71(78)75-56-77-73-35-14-17-39-80(73)101(85(77)57-79(75)93)68-50-45-62(46-51-68)91-97-89(60-27-10-5-11-28-60)98-92(99-91)66-31-20-29-63(53-66)64-30-21-32-69(54-64)102-81-40-18-13-34-72(81)76-55-65(47-52-83(76)102)70-37-22-42-84-86(70)74-36-15-19-41-82(74)100(84)67-48-43-61(44-49-67)90-95-87(58-23-6-3-7-24-58)94-88(96-90)59-25-8-4-9-26-59/h3-57H,1-2H3. The van der Waals surface area contributed by atoms with Crippen LogP contribution in [0.1, 0.15) is 25.0 Å². The number of rotatable bonds is 11. The first-order valence-corrected chi connectivity index (χ1v) is 34.7. The van der Waals surface area contributed by atoms with Crippen LogP contribution < -0.4 is 0 Å². The van der Waals surface area contributed by atoms with Gasteiger partial charge in [0.2, 0.25) is 0 Å². The Morgan fingerprint density at radius 3 is 1.17 bits per heavy atom. The number of benzene rings is 14. The molecule has 0 aliphatic heterocycles. The third kappa shape index (κ3) is 9.54. The first-order chi connectivity index (χ1) is 50.3. The van der Waals surface area contributed by atoms with E-state index in [0.717, 1.165) is 89.2 Å². The van der Waals surface area contributed by atoms with Gasteiger partial charge in [0.15, 0.2) is 34.9 Å². The van der Waals surface area contributed by atoms with E-state index in [0.29, 0.717) is 34.9 Å². The number of para-hydroxylation sites is 3. The molecule has 9 nitrogen and oxygen atoms in total. The minimum atomic E-state index is -0.129. The lowest BCUT2D eigenvalue weighted by Crippen LogP contribution is -2.14. The van der Waals surface area contributed by atoms with E-state index in [1.807, 2.05) is 78.9 Å². The Labute approximate surface area is 588 Å². The number of fused-ring (bicyclic) bond motifs is 12. The molecule has 0 atom stereocenters. The van der Waals surface area contributed by atoms with Crippen LogP contribution in [0.4, 0.5) is 0 Å². The predicted octanol–water partition coefficient (Wildman–Crippen LogP) is 23.0. The van der Waals surface area contributed by atoms with Crippen LogP contribution in [0.2, 0.25) is 0 Å². The smallest absolute Gasteiger partial charge is 0.164 e. The van der Waals surface area contributed by atoms with Crippen molar-refractivity contribution in [3.8, 4) is 119 Å². The molecule has 20 rings (SSSR count). The highest BCUT2D eigenvalue weighted by Gasteiger charge is 2.36. The molecule has 5 heterocycles. The monoisotopic (exact) mass is 1300 g/mol. The summed E-state index contributed by atoms with van der Waals surface area (Å²) in [5.74, 6) is 3.70. The maximum Gasteiger partial charge on any atom is 0.164 e. The second kappa shape index (κ2) is 23.3. The van der Waals surface area contributed by atoms with Gasteiger partial charge in [0, 0.05) is 88.2 Å². The molecule has 0 saturated heterocycles. The summed E-state index contributed by atoms with van der Waals surface area (Å²) in [6.07, 6.45) is 0. The molecule has 0 bridgehead atoms. The van der Waals surface area contributed by atoms with Crippen LogP contribution in [-0.2, 0) is 5.41 Å². The van der Waals surface area contributed by atoms with E-state index in [-0.39, 0.29) is 5.41 Å². The van der Waals surface area contributed by atoms with Crippen molar-refractivity contribution in [3.05, 3.63) is 345 Å². The van der Waals surface area contributed by atoms with Crippen LogP contribution in [0.15, 0.2) is 334 Å². The molecule has 19 aromatic rings. The van der Waals surface area contributed by atoms with Crippen LogP contribution in [-0.4, -0.2) is 43.6 Å². The molecule has 102 heavy (non-hydrogen) atoms. The summed E-state index contributed by atoms with van der Waals surface area (Å²) in [5, 5.41) is 7.21. The molecule has 0 fully saturated rings. The molecule has 0 amide bonds. The third-order valence-electron chi connectivity index (χ3n) is 20.7. The Kier molecular flexibility index (Phi) is 13.4. The minimum absolute atomic E-state index is 0.129. The van der Waals surface area contributed by atoms with Gasteiger partial charge in [-0.25, -0.2) is 29.9 Å². The molecule has 0 unspecified atom stereocenters. The van der Waals surface area contributed by atoms with E-state index < -0.39 is 0 Å². The van der Waals surface area contributed by atoms with Crippen LogP contribution in [0.5, 0.6) is 0 Å². The van der Waals surface area contributed by atoms with Crippen molar-refractivity contribution in [1.82, 2.24) is 43.6 Å². The van der Waals surface area contributed by atoms with Gasteiger partial charge in [-0.1, -0.05) is 232 Å². The Morgan fingerprint density at radius 2 is 0.588 bits per heavy atom. The molecule has 5 aromatic heterocycles. The Hall–Kier alpha value is -13.5. The highest BCUT2D eigenvalue weighted by molar-refractivity contribution is 6.18. The summed E-state index contributed by atoms with van der Waals surface area (Å²) in [6.45, 7) is 4.70. The SMILES string of the molecule is CC1(C)c2ccccc2-c2cc3c4ccccc4n(-c4ccc(-c5nc(-c6ccccc6)nc(-c6cccc(-c7cccc(-n8c9ccccc9c9cc(-c%10cccc%11c%10c%10ccccc%10n%11-c%10ccc(-c%11nc(-c%12ccccc%12)nc(-c%12ccccc%12)n%11)cc%10)ccc98)c7)c6)n5)cc4)c3cc21. The number of hydrogen-bond acceptors (Lipinski definition) is 6. The highest BCUT2D eigenvalue weighted by atomic mass is 15.1. The average molecular weight is 1300 g/mol. The lowest BCUT2D eigenvalue weighted by molar-refractivity contribution is 0.661. The van der Waals surface area contributed by atoms with Gasteiger partial charge in [-0.2, -0.15) is 0 Å². The van der Waals surface area contributed by atoms with Crippen molar-refractivity contribution in [2.24, 2.45) is 0 Å². The van der Waals surface area contributed by atoms with Crippen molar-refractivity contribution in [3.63, 3.8) is 0 Å². The van der Waals surface area contributed by atoms with Gasteiger partial charge in [0.05, 0.1) is 33.1 Å². The lowest BCUT2D eigenvalue weighted by atomic mass is 9.82. The third-order valence-corrected chi connectivity index (χ3v) is 20.7. The van der Waals surface area contributed by atoms with Gasteiger partial charge < -0.3 is 13.7 Å². The molecule has 1 aliphatic rings. The molecule has 0 radical (unpaired) electrons. The van der Waals surface area contributed by atoms with E-state index in [2.05, 4.69) is 282 Å². The van der Waals surface area contributed by atoms with Crippen LogP contribution in [0, 0.1) is 0 Å². The van der Waals surface area contributed by atoms with Gasteiger partial charge >= 0.3 is 0 Å². The summed E-state index contributed by atoms with van der Waals surface area (Å²) in [5.41, 5.74) is 25.2.